The summed E-state index contributed by atoms with van der Waals surface area (Å²) >= 11 is 0. The van der Waals surface area contributed by atoms with Crippen LogP contribution >= 0.6 is 0 Å². The van der Waals surface area contributed by atoms with Gasteiger partial charge >= 0.3 is 0 Å². The number of ether oxygens (including phenoxy) is 1. The zero-order chi connectivity index (χ0) is 18.0. The zero-order valence-corrected chi connectivity index (χ0v) is 15.2. The average Bonchev–Trinajstić information content (AvgIpc) is 2.94. The van der Waals surface area contributed by atoms with E-state index >= 15 is 0 Å². The molecule has 3 rings (SSSR count). The molecule has 3 heterocycles. The fraction of sp³-hybridized carbons (Fsp3) is 0.529. The first-order valence-electron chi connectivity index (χ1n) is 8.38. The fourth-order valence-corrected chi connectivity index (χ4v) is 2.95. The van der Waals surface area contributed by atoms with Crippen LogP contribution < -0.4 is 4.90 Å². The van der Waals surface area contributed by atoms with Crippen molar-refractivity contribution in [1.82, 2.24) is 24.4 Å². The third kappa shape index (κ3) is 3.63. The highest BCUT2D eigenvalue weighted by Gasteiger charge is 2.22. The smallest absolute Gasteiger partial charge is 0.248 e. The molecule has 2 aromatic rings. The average molecular weight is 344 g/mol. The number of aryl methyl sites for hydroxylation is 2. The Kier molecular flexibility index (Phi) is 4.98. The van der Waals surface area contributed by atoms with Crippen molar-refractivity contribution in [1.29, 1.82) is 0 Å². The van der Waals surface area contributed by atoms with Crippen molar-refractivity contribution >= 4 is 11.7 Å². The second-order valence-corrected chi connectivity index (χ2v) is 6.22. The monoisotopic (exact) mass is 344 g/mol. The summed E-state index contributed by atoms with van der Waals surface area (Å²) in [5.74, 6) is 2.45. The molecule has 8 heteroatoms. The first-order chi connectivity index (χ1) is 12.0. The predicted octanol–water partition coefficient (Wildman–Crippen LogP) is 0.883. The van der Waals surface area contributed by atoms with E-state index in [9.17, 15) is 4.79 Å². The van der Waals surface area contributed by atoms with E-state index in [4.69, 9.17) is 4.74 Å². The molecule has 1 amide bonds. The van der Waals surface area contributed by atoms with E-state index in [0.717, 1.165) is 41.9 Å². The third-order valence-electron chi connectivity index (χ3n) is 4.53. The van der Waals surface area contributed by atoms with Gasteiger partial charge in [-0.05, 0) is 20.8 Å². The Labute approximate surface area is 147 Å². The number of amides is 1. The zero-order valence-electron chi connectivity index (χ0n) is 15.2. The van der Waals surface area contributed by atoms with Crippen LogP contribution in [0, 0.1) is 20.8 Å². The quantitative estimate of drug-likeness (QED) is 0.820. The Morgan fingerprint density at radius 3 is 2.40 bits per heavy atom. The topological polar surface area (TPSA) is 76.4 Å². The molecule has 0 radical (unpaired) electrons. The molecule has 0 atom stereocenters. The lowest BCUT2D eigenvalue weighted by Crippen LogP contribution is -2.50. The van der Waals surface area contributed by atoms with Crippen LogP contribution in [0.15, 0.2) is 12.4 Å². The highest BCUT2D eigenvalue weighted by atomic mass is 16.5. The largest absolute Gasteiger partial charge is 0.375 e. The number of nitrogens with zero attached hydrogens (tertiary/aromatic N) is 6. The van der Waals surface area contributed by atoms with E-state index in [0.29, 0.717) is 13.1 Å². The highest BCUT2D eigenvalue weighted by molar-refractivity contribution is 5.77. The Morgan fingerprint density at radius 1 is 1.12 bits per heavy atom. The van der Waals surface area contributed by atoms with Gasteiger partial charge < -0.3 is 14.5 Å². The summed E-state index contributed by atoms with van der Waals surface area (Å²) in [5.41, 5.74) is 2.06. The second-order valence-electron chi connectivity index (χ2n) is 6.22. The normalized spacial score (nSPS) is 14.9. The number of anilines is 1. The predicted molar refractivity (Wildman–Crippen MR) is 94.0 cm³/mol. The maximum absolute atomic E-state index is 11.9. The Balaban J connectivity index is 1.78. The summed E-state index contributed by atoms with van der Waals surface area (Å²) in [4.78, 5) is 29.4. The first kappa shape index (κ1) is 17.3. The molecule has 25 heavy (non-hydrogen) atoms. The van der Waals surface area contributed by atoms with E-state index in [1.54, 1.807) is 13.4 Å². The lowest BCUT2D eigenvalue weighted by Gasteiger charge is -2.35. The summed E-state index contributed by atoms with van der Waals surface area (Å²) in [5, 5.41) is 0. The molecular formula is C17H24N6O2. The molecule has 1 aliphatic rings. The van der Waals surface area contributed by atoms with Gasteiger partial charge in [-0.15, -0.1) is 0 Å². The van der Waals surface area contributed by atoms with Crippen LogP contribution in [-0.4, -0.2) is 70.2 Å². The summed E-state index contributed by atoms with van der Waals surface area (Å²) < 4.78 is 6.91. The van der Waals surface area contributed by atoms with Crippen molar-refractivity contribution in [3.63, 3.8) is 0 Å². The van der Waals surface area contributed by atoms with Crippen LogP contribution in [0.2, 0.25) is 0 Å². The van der Waals surface area contributed by atoms with Gasteiger partial charge in [-0.25, -0.2) is 15.0 Å². The number of aromatic nitrogens is 4. The highest BCUT2D eigenvalue weighted by Crippen LogP contribution is 2.19. The van der Waals surface area contributed by atoms with Crippen LogP contribution in [0.1, 0.15) is 17.2 Å². The molecule has 0 unspecified atom stereocenters. The van der Waals surface area contributed by atoms with E-state index < -0.39 is 0 Å². The minimum absolute atomic E-state index is 0.0335. The number of carbonyl (C=O) groups is 1. The van der Waals surface area contributed by atoms with Crippen molar-refractivity contribution in [3.05, 3.63) is 29.6 Å². The maximum atomic E-state index is 11.9. The minimum atomic E-state index is 0.0335. The SMILES string of the molecule is COCC(=O)N1CCN(c2cc(-n3cnc(C)c3C)nc(C)n2)CC1. The van der Waals surface area contributed by atoms with Crippen LogP contribution in [-0.2, 0) is 9.53 Å². The van der Waals surface area contributed by atoms with Crippen molar-refractivity contribution in [2.75, 3.05) is 44.8 Å². The summed E-state index contributed by atoms with van der Waals surface area (Å²) in [6, 6.07) is 1.98. The molecule has 1 aliphatic heterocycles. The first-order valence-corrected chi connectivity index (χ1v) is 8.38. The molecule has 0 spiro atoms. The molecule has 0 N–H and O–H groups in total. The fourth-order valence-electron chi connectivity index (χ4n) is 2.95. The van der Waals surface area contributed by atoms with Crippen molar-refractivity contribution in [2.24, 2.45) is 0 Å². The van der Waals surface area contributed by atoms with Crippen molar-refractivity contribution < 1.29 is 9.53 Å². The van der Waals surface area contributed by atoms with E-state index in [1.165, 1.54) is 0 Å². The second kappa shape index (κ2) is 7.18. The van der Waals surface area contributed by atoms with Crippen LogP contribution in [0.5, 0.6) is 0 Å². The van der Waals surface area contributed by atoms with Gasteiger partial charge in [0.25, 0.3) is 0 Å². The van der Waals surface area contributed by atoms with E-state index in [1.807, 2.05) is 36.3 Å². The summed E-state index contributed by atoms with van der Waals surface area (Å²) in [6.45, 7) is 8.87. The van der Waals surface area contributed by atoms with Crippen LogP contribution in [0.25, 0.3) is 5.82 Å². The van der Waals surface area contributed by atoms with Gasteiger partial charge in [-0.3, -0.25) is 9.36 Å². The van der Waals surface area contributed by atoms with Gasteiger partial charge in [-0.2, -0.15) is 0 Å². The van der Waals surface area contributed by atoms with Crippen molar-refractivity contribution in [2.45, 2.75) is 20.8 Å². The number of methoxy groups -OCH3 is 1. The lowest BCUT2D eigenvalue weighted by atomic mass is 10.3. The molecule has 0 aromatic carbocycles. The maximum Gasteiger partial charge on any atom is 0.248 e. The molecule has 1 fully saturated rings. The Hall–Kier alpha value is -2.48. The standard InChI is InChI=1S/C17H24N6O2/c1-12-13(2)23(11-18-12)16-9-15(19-14(3)20-16)21-5-7-22(8-6-21)17(24)10-25-4/h9,11H,5-8,10H2,1-4H3. The number of rotatable bonds is 4. The van der Waals surface area contributed by atoms with Gasteiger partial charge in [-0.1, -0.05) is 0 Å². The number of imidazole rings is 1. The Morgan fingerprint density at radius 2 is 1.80 bits per heavy atom. The third-order valence-corrected chi connectivity index (χ3v) is 4.53. The molecule has 0 saturated carbocycles. The molecular weight excluding hydrogens is 320 g/mol. The van der Waals surface area contributed by atoms with E-state index in [2.05, 4.69) is 19.9 Å². The lowest BCUT2D eigenvalue weighted by molar-refractivity contribution is -0.135. The van der Waals surface area contributed by atoms with Gasteiger partial charge in [0, 0.05) is 45.0 Å². The van der Waals surface area contributed by atoms with Gasteiger partial charge in [0.2, 0.25) is 5.91 Å². The van der Waals surface area contributed by atoms with Gasteiger partial charge in [0.15, 0.2) is 0 Å². The summed E-state index contributed by atoms with van der Waals surface area (Å²) in [7, 11) is 1.54. The number of hydrogen-bond donors (Lipinski definition) is 0. The molecule has 1 saturated heterocycles. The molecule has 2 aromatic heterocycles. The summed E-state index contributed by atoms with van der Waals surface area (Å²) in [6.07, 6.45) is 1.79. The van der Waals surface area contributed by atoms with Crippen LogP contribution in [0.4, 0.5) is 5.82 Å². The van der Waals surface area contributed by atoms with E-state index in [-0.39, 0.29) is 12.5 Å². The van der Waals surface area contributed by atoms with Crippen molar-refractivity contribution in [3.8, 4) is 5.82 Å². The molecule has 8 nitrogen and oxygen atoms in total. The number of carbonyl (C=O) groups excluding carboxylic acids is 1. The molecule has 0 bridgehead atoms. The van der Waals surface area contributed by atoms with Gasteiger partial charge in [0.1, 0.15) is 30.4 Å². The molecule has 134 valence electrons. The Bertz CT molecular complexity index is 764. The minimum Gasteiger partial charge on any atom is -0.375 e. The number of hydrogen-bond acceptors (Lipinski definition) is 6. The van der Waals surface area contributed by atoms with Gasteiger partial charge in [0.05, 0.1) is 5.69 Å². The number of piperazine rings is 1. The molecule has 0 aliphatic carbocycles. The van der Waals surface area contributed by atoms with Crippen LogP contribution in [0.3, 0.4) is 0 Å².